The number of hydrogen-bond acceptors (Lipinski definition) is 4. The Hall–Kier alpha value is -4.03. The van der Waals surface area contributed by atoms with Crippen LogP contribution in [0.5, 0.6) is 11.5 Å². The van der Waals surface area contributed by atoms with Crippen LogP contribution < -0.4 is 9.47 Å². The Morgan fingerprint density at radius 2 is 1.66 bits per heavy atom. The first kappa shape index (κ1) is 25.6. The topological polar surface area (TPSA) is 57.8 Å². The van der Waals surface area contributed by atoms with Crippen LogP contribution >= 0.6 is 0 Å². The van der Waals surface area contributed by atoms with Gasteiger partial charge in [0.05, 0.1) is 14.2 Å². The molecule has 6 heteroatoms. The van der Waals surface area contributed by atoms with Crippen LogP contribution in [0, 0.1) is 0 Å². The predicted molar refractivity (Wildman–Crippen MR) is 153 cm³/mol. The van der Waals surface area contributed by atoms with E-state index in [1.165, 1.54) is 5.56 Å². The molecule has 1 aliphatic rings. The molecule has 1 aromatic heterocycles. The first-order chi connectivity index (χ1) is 18.7. The lowest BCUT2D eigenvalue weighted by atomic mass is 9.87. The fraction of sp³-hybridized carbons (Fsp3) is 0.281. The van der Waals surface area contributed by atoms with Crippen LogP contribution in [0.25, 0.3) is 17.0 Å². The van der Waals surface area contributed by atoms with E-state index in [4.69, 9.17) is 9.47 Å². The van der Waals surface area contributed by atoms with Crippen molar-refractivity contribution in [3.8, 4) is 11.5 Å². The van der Waals surface area contributed by atoms with Crippen molar-refractivity contribution < 1.29 is 14.3 Å². The number of methoxy groups -OCH3 is 2. The smallest absolute Gasteiger partial charge is 0.223 e. The standard InChI is InChI=1S/C32H35N3O3/c1-37-30-16-8-14-26(32(30)38-2)27(28-23-33-29-15-7-6-13-25(28)29)22-31(36)35-20-18-34(19-21-35)17-9-12-24-10-4-3-5-11-24/h3-16,23,27,33H,17-22H2,1-2H3/b12-9+. The highest BCUT2D eigenvalue weighted by atomic mass is 16.5. The molecule has 6 nitrogen and oxygen atoms in total. The average Bonchev–Trinajstić information content (AvgIpc) is 3.40. The second-order valence-corrected chi connectivity index (χ2v) is 9.62. The lowest BCUT2D eigenvalue weighted by molar-refractivity contribution is -0.133. The van der Waals surface area contributed by atoms with E-state index in [9.17, 15) is 4.79 Å². The lowest BCUT2D eigenvalue weighted by Gasteiger charge is -2.35. The number of piperazine rings is 1. The number of H-pyrrole nitrogens is 1. The molecule has 0 spiro atoms. The van der Waals surface area contributed by atoms with E-state index in [1.54, 1.807) is 14.2 Å². The van der Waals surface area contributed by atoms with Gasteiger partial charge in [-0.1, -0.05) is 72.8 Å². The molecule has 1 atom stereocenters. The molecule has 0 bridgehead atoms. The number of ether oxygens (including phenoxy) is 2. The Morgan fingerprint density at radius 1 is 0.895 bits per heavy atom. The van der Waals surface area contributed by atoms with E-state index < -0.39 is 0 Å². The molecule has 2 heterocycles. The summed E-state index contributed by atoms with van der Waals surface area (Å²) in [5, 5.41) is 1.12. The minimum Gasteiger partial charge on any atom is -0.493 e. The predicted octanol–water partition coefficient (Wildman–Crippen LogP) is 5.56. The van der Waals surface area contributed by atoms with Gasteiger partial charge < -0.3 is 19.4 Å². The second kappa shape index (κ2) is 12.0. The zero-order chi connectivity index (χ0) is 26.3. The van der Waals surface area contributed by atoms with Crippen LogP contribution in [0.2, 0.25) is 0 Å². The van der Waals surface area contributed by atoms with Crippen molar-refractivity contribution in [1.29, 1.82) is 0 Å². The maximum Gasteiger partial charge on any atom is 0.223 e. The number of hydrogen-bond donors (Lipinski definition) is 1. The first-order valence-corrected chi connectivity index (χ1v) is 13.2. The second-order valence-electron chi connectivity index (χ2n) is 9.62. The number of carbonyl (C=O) groups is 1. The number of para-hydroxylation sites is 2. The highest BCUT2D eigenvalue weighted by Gasteiger charge is 2.29. The van der Waals surface area contributed by atoms with Crippen molar-refractivity contribution in [3.05, 3.63) is 102 Å². The summed E-state index contributed by atoms with van der Waals surface area (Å²) >= 11 is 0. The summed E-state index contributed by atoms with van der Waals surface area (Å²) < 4.78 is 11.4. The molecule has 1 unspecified atom stereocenters. The molecule has 0 aliphatic carbocycles. The van der Waals surface area contributed by atoms with Crippen molar-refractivity contribution in [3.63, 3.8) is 0 Å². The maximum absolute atomic E-state index is 13.7. The normalized spacial score (nSPS) is 15.2. The van der Waals surface area contributed by atoms with E-state index >= 15 is 0 Å². The first-order valence-electron chi connectivity index (χ1n) is 13.2. The summed E-state index contributed by atoms with van der Waals surface area (Å²) in [7, 11) is 3.29. The molecule has 3 aromatic carbocycles. The van der Waals surface area contributed by atoms with Crippen LogP contribution in [0.4, 0.5) is 0 Å². The molecule has 0 radical (unpaired) electrons. The van der Waals surface area contributed by atoms with Crippen LogP contribution in [0.3, 0.4) is 0 Å². The van der Waals surface area contributed by atoms with E-state index in [-0.39, 0.29) is 11.8 Å². The summed E-state index contributed by atoms with van der Waals surface area (Å²) in [6.07, 6.45) is 6.75. The number of amides is 1. The number of benzene rings is 3. The number of nitrogens with zero attached hydrogens (tertiary/aromatic N) is 2. The van der Waals surface area contributed by atoms with Gasteiger partial charge >= 0.3 is 0 Å². The van der Waals surface area contributed by atoms with Crippen LogP contribution in [0.1, 0.15) is 29.0 Å². The molecule has 38 heavy (non-hydrogen) atoms. The van der Waals surface area contributed by atoms with Crippen molar-refractivity contribution in [2.75, 3.05) is 46.9 Å². The fourth-order valence-corrected chi connectivity index (χ4v) is 5.34. The van der Waals surface area contributed by atoms with E-state index in [1.807, 2.05) is 47.5 Å². The molecule has 0 saturated carbocycles. The summed E-state index contributed by atoms with van der Waals surface area (Å²) in [4.78, 5) is 21.5. The molecule has 1 amide bonds. The number of nitrogens with one attached hydrogen (secondary N) is 1. The zero-order valence-electron chi connectivity index (χ0n) is 22.1. The molecule has 1 fully saturated rings. The van der Waals surface area contributed by atoms with E-state index in [2.05, 4.69) is 58.4 Å². The quantitative estimate of drug-likeness (QED) is 0.321. The molecule has 4 aromatic rings. The molecular weight excluding hydrogens is 474 g/mol. The Morgan fingerprint density at radius 3 is 2.42 bits per heavy atom. The van der Waals surface area contributed by atoms with E-state index in [0.717, 1.165) is 54.8 Å². The highest BCUT2D eigenvalue weighted by Crippen LogP contribution is 2.42. The third-order valence-corrected chi connectivity index (χ3v) is 7.38. The molecule has 1 aliphatic heterocycles. The fourth-order valence-electron chi connectivity index (χ4n) is 5.34. The van der Waals surface area contributed by atoms with Crippen LogP contribution in [0.15, 0.2) is 85.1 Å². The molecular formula is C32H35N3O3. The third-order valence-electron chi connectivity index (χ3n) is 7.38. The van der Waals surface area contributed by atoms with Crippen LogP contribution in [-0.2, 0) is 4.79 Å². The highest BCUT2D eigenvalue weighted by molar-refractivity contribution is 5.86. The van der Waals surface area contributed by atoms with Gasteiger partial charge in [0.25, 0.3) is 0 Å². The minimum absolute atomic E-state index is 0.157. The summed E-state index contributed by atoms with van der Waals surface area (Å²) in [5.41, 5.74) is 4.30. The number of fused-ring (bicyclic) bond motifs is 1. The molecule has 1 N–H and O–H groups in total. The summed E-state index contributed by atoms with van der Waals surface area (Å²) in [5.74, 6) is 1.33. The number of aromatic nitrogens is 1. The minimum atomic E-state index is -0.171. The lowest BCUT2D eigenvalue weighted by Crippen LogP contribution is -2.48. The Bertz CT molecular complexity index is 1390. The van der Waals surface area contributed by atoms with Gasteiger partial charge in [-0.25, -0.2) is 0 Å². The van der Waals surface area contributed by atoms with Crippen molar-refractivity contribution in [2.24, 2.45) is 0 Å². The number of aromatic amines is 1. The number of carbonyl (C=O) groups excluding carboxylic acids is 1. The summed E-state index contributed by atoms with van der Waals surface area (Å²) in [6.45, 7) is 4.08. The van der Waals surface area contributed by atoms with Gasteiger partial charge in [-0.2, -0.15) is 0 Å². The Labute approximate surface area is 224 Å². The van der Waals surface area contributed by atoms with Gasteiger partial charge in [0.15, 0.2) is 11.5 Å². The number of rotatable bonds is 9. The van der Waals surface area contributed by atoms with Gasteiger partial charge in [0.2, 0.25) is 5.91 Å². The van der Waals surface area contributed by atoms with Gasteiger partial charge in [-0.3, -0.25) is 9.69 Å². The molecule has 5 rings (SSSR count). The largest absolute Gasteiger partial charge is 0.493 e. The van der Waals surface area contributed by atoms with Crippen molar-refractivity contribution in [2.45, 2.75) is 12.3 Å². The zero-order valence-corrected chi connectivity index (χ0v) is 22.1. The molecule has 1 saturated heterocycles. The van der Waals surface area contributed by atoms with Gasteiger partial charge in [0, 0.05) is 67.7 Å². The monoisotopic (exact) mass is 509 g/mol. The summed E-state index contributed by atoms with van der Waals surface area (Å²) in [6, 6.07) is 24.5. The van der Waals surface area contributed by atoms with Crippen LogP contribution in [-0.4, -0.2) is 67.6 Å². The Balaban J connectivity index is 1.32. The Kier molecular flexibility index (Phi) is 8.09. The maximum atomic E-state index is 13.7. The van der Waals surface area contributed by atoms with E-state index in [0.29, 0.717) is 17.9 Å². The van der Waals surface area contributed by atoms with Crippen molar-refractivity contribution in [1.82, 2.24) is 14.8 Å². The van der Waals surface area contributed by atoms with Gasteiger partial charge in [-0.15, -0.1) is 0 Å². The third kappa shape index (κ3) is 5.60. The van der Waals surface area contributed by atoms with Gasteiger partial charge in [0.1, 0.15) is 0 Å². The molecule has 196 valence electrons. The van der Waals surface area contributed by atoms with Crippen molar-refractivity contribution >= 4 is 22.9 Å². The van der Waals surface area contributed by atoms with Gasteiger partial charge in [-0.05, 0) is 23.3 Å². The average molecular weight is 510 g/mol. The SMILES string of the molecule is COc1cccc(C(CC(=O)N2CCN(C/C=C/c3ccccc3)CC2)c2c[nH]c3ccccc23)c1OC.